The van der Waals surface area contributed by atoms with Gasteiger partial charge in [0.05, 0.1) is 6.61 Å². The van der Waals surface area contributed by atoms with Gasteiger partial charge in [-0.05, 0) is 29.8 Å². The fourth-order valence-corrected chi connectivity index (χ4v) is 2.70. The third-order valence-corrected chi connectivity index (χ3v) is 4.07. The standard InChI is InChI=1S/C21H27NO4/c1-2-21(25)18-8-10-20(11-9-18)26-16-19(24)15-22(12-13-23)14-17-6-4-3-5-7-17/h3-11,19,23-24H,2,12-16H2,1H3/t19-/m1/s1. The maximum absolute atomic E-state index is 11.6. The van der Waals surface area contributed by atoms with Crippen molar-refractivity contribution in [2.75, 3.05) is 26.3 Å². The van der Waals surface area contributed by atoms with E-state index in [4.69, 9.17) is 4.74 Å². The van der Waals surface area contributed by atoms with Crippen molar-refractivity contribution in [3.63, 3.8) is 0 Å². The summed E-state index contributed by atoms with van der Waals surface area (Å²) in [6.07, 6.45) is -0.205. The van der Waals surface area contributed by atoms with Gasteiger partial charge in [0.2, 0.25) is 0 Å². The van der Waals surface area contributed by atoms with Crippen molar-refractivity contribution in [2.45, 2.75) is 26.0 Å². The maximum Gasteiger partial charge on any atom is 0.162 e. The van der Waals surface area contributed by atoms with Crippen LogP contribution in [0.4, 0.5) is 0 Å². The molecule has 2 aromatic rings. The molecule has 2 N–H and O–H groups in total. The van der Waals surface area contributed by atoms with Crippen molar-refractivity contribution in [3.05, 3.63) is 65.7 Å². The number of ether oxygens (including phenoxy) is 1. The summed E-state index contributed by atoms with van der Waals surface area (Å²) < 4.78 is 5.61. The number of ketones is 1. The Kier molecular flexibility index (Phi) is 8.28. The summed E-state index contributed by atoms with van der Waals surface area (Å²) >= 11 is 0. The van der Waals surface area contributed by atoms with Gasteiger partial charge >= 0.3 is 0 Å². The van der Waals surface area contributed by atoms with Gasteiger partial charge in [-0.3, -0.25) is 9.69 Å². The smallest absolute Gasteiger partial charge is 0.162 e. The molecule has 0 unspecified atom stereocenters. The second-order valence-electron chi connectivity index (χ2n) is 6.21. The van der Waals surface area contributed by atoms with E-state index in [1.54, 1.807) is 24.3 Å². The summed E-state index contributed by atoms with van der Waals surface area (Å²) in [6.45, 7) is 3.57. The Labute approximate surface area is 154 Å². The van der Waals surface area contributed by atoms with E-state index >= 15 is 0 Å². The molecule has 140 valence electrons. The highest BCUT2D eigenvalue weighted by molar-refractivity contribution is 5.95. The van der Waals surface area contributed by atoms with Gasteiger partial charge in [0.15, 0.2) is 5.78 Å². The molecule has 1 atom stereocenters. The van der Waals surface area contributed by atoms with E-state index in [0.29, 0.717) is 37.4 Å². The quantitative estimate of drug-likeness (QED) is 0.605. The first-order chi connectivity index (χ1) is 12.6. The van der Waals surface area contributed by atoms with Crippen LogP contribution in [0.5, 0.6) is 5.75 Å². The number of Topliss-reactive ketones (excluding diaryl/α,β-unsaturated/α-hetero) is 1. The Balaban J connectivity index is 1.83. The monoisotopic (exact) mass is 357 g/mol. The largest absolute Gasteiger partial charge is 0.491 e. The number of aliphatic hydroxyl groups excluding tert-OH is 2. The van der Waals surface area contributed by atoms with Crippen LogP contribution in [0.1, 0.15) is 29.3 Å². The number of hydrogen-bond acceptors (Lipinski definition) is 5. The molecular formula is C21H27NO4. The normalized spacial score (nSPS) is 12.2. The molecule has 0 aliphatic rings. The molecule has 0 fully saturated rings. The zero-order chi connectivity index (χ0) is 18.8. The second-order valence-corrected chi connectivity index (χ2v) is 6.21. The van der Waals surface area contributed by atoms with E-state index in [1.807, 2.05) is 42.2 Å². The molecule has 0 aliphatic heterocycles. The van der Waals surface area contributed by atoms with Gasteiger partial charge in [-0.1, -0.05) is 37.3 Å². The average molecular weight is 357 g/mol. The van der Waals surface area contributed by atoms with Crippen molar-refractivity contribution in [1.82, 2.24) is 4.90 Å². The minimum Gasteiger partial charge on any atom is -0.491 e. The van der Waals surface area contributed by atoms with Gasteiger partial charge in [0.1, 0.15) is 18.5 Å². The number of rotatable bonds is 11. The lowest BCUT2D eigenvalue weighted by atomic mass is 10.1. The Bertz CT molecular complexity index is 657. The fourth-order valence-electron chi connectivity index (χ4n) is 2.70. The molecule has 0 aromatic heterocycles. The summed E-state index contributed by atoms with van der Waals surface area (Å²) in [4.78, 5) is 13.6. The molecule has 0 aliphatic carbocycles. The first-order valence-corrected chi connectivity index (χ1v) is 8.93. The molecule has 26 heavy (non-hydrogen) atoms. The minimum absolute atomic E-state index is 0.0350. The van der Waals surface area contributed by atoms with E-state index in [-0.39, 0.29) is 19.0 Å². The third kappa shape index (κ3) is 6.59. The molecule has 0 saturated heterocycles. The molecule has 5 heteroatoms. The second kappa shape index (κ2) is 10.7. The van der Waals surface area contributed by atoms with Gasteiger partial charge in [-0.25, -0.2) is 0 Å². The lowest BCUT2D eigenvalue weighted by molar-refractivity contribution is 0.0590. The van der Waals surface area contributed by atoms with E-state index in [1.165, 1.54) is 0 Å². The molecule has 0 amide bonds. The van der Waals surface area contributed by atoms with Crippen LogP contribution < -0.4 is 4.74 Å². The summed E-state index contributed by atoms with van der Waals surface area (Å²) in [7, 11) is 0. The lowest BCUT2D eigenvalue weighted by Gasteiger charge is -2.24. The van der Waals surface area contributed by atoms with E-state index in [2.05, 4.69) is 0 Å². The molecule has 2 aromatic carbocycles. The SMILES string of the molecule is CCC(=O)c1ccc(OC[C@H](O)CN(CCO)Cc2ccccc2)cc1. The number of carbonyl (C=O) groups is 1. The van der Waals surface area contributed by atoms with Crippen molar-refractivity contribution in [2.24, 2.45) is 0 Å². The Hall–Kier alpha value is -2.21. The van der Waals surface area contributed by atoms with Gasteiger partial charge in [0, 0.05) is 31.6 Å². The Morgan fingerprint density at radius 2 is 1.81 bits per heavy atom. The van der Waals surface area contributed by atoms with Crippen molar-refractivity contribution in [1.29, 1.82) is 0 Å². The maximum atomic E-state index is 11.6. The zero-order valence-corrected chi connectivity index (χ0v) is 15.2. The van der Waals surface area contributed by atoms with Crippen molar-refractivity contribution < 1.29 is 19.7 Å². The molecule has 0 saturated carbocycles. The molecule has 5 nitrogen and oxygen atoms in total. The fraction of sp³-hybridized carbons (Fsp3) is 0.381. The molecule has 0 heterocycles. The topological polar surface area (TPSA) is 70.0 Å². The van der Waals surface area contributed by atoms with E-state index in [9.17, 15) is 15.0 Å². The van der Waals surface area contributed by atoms with Crippen LogP contribution in [-0.4, -0.2) is 53.3 Å². The highest BCUT2D eigenvalue weighted by Gasteiger charge is 2.13. The molecule has 0 bridgehead atoms. The van der Waals surface area contributed by atoms with Crippen LogP contribution in [0.15, 0.2) is 54.6 Å². The predicted molar refractivity (Wildman–Crippen MR) is 101 cm³/mol. The zero-order valence-electron chi connectivity index (χ0n) is 15.2. The van der Waals surface area contributed by atoms with Crippen LogP contribution in [0.3, 0.4) is 0 Å². The van der Waals surface area contributed by atoms with Gasteiger partial charge < -0.3 is 14.9 Å². The number of carbonyl (C=O) groups excluding carboxylic acids is 1. The molecular weight excluding hydrogens is 330 g/mol. The summed E-state index contributed by atoms with van der Waals surface area (Å²) in [5, 5.41) is 19.5. The van der Waals surface area contributed by atoms with Crippen LogP contribution in [0, 0.1) is 0 Å². The summed E-state index contributed by atoms with van der Waals surface area (Å²) in [6, 6.07) is 16.9. The predicted octanol–water partition coefficient (Wildman–Crippen LogP) is 2.51. The number of benzene rings is 2. The van der Waals surface area contributed by atoms with Crippen LogP contribution in [0.2, 0.25) is 0 Å². The van der Waals surface area contributed by atoms with E-state index < -0.39 is 6.10 Å². The summed E-state index contributed by atoms with van der Waals surface area (Å²) in [5.74, 6) is 0.714. The lowest BCUT2D eigenvalue weighted by Crippen LogP contribution is -2.37. The first kappa shape index (κ1) is 20.1. The van der Waals surface area contributed by atoms with Crippen LogP contribution in [-0.2, 0) is 6.54 Å². The summed E-state index contributed by atoms with van der Waals surface area (Å²) in [5.41, 5.74) is 1.79. The molecule has 2 rings (SSSR count). The third-order valence-electron chi connectivity index (χ3n) is 4.07. The van der Waals surface area contributed by atoms with Gasteiger partial charge in [-0.15, -0.1) is 0 Å². The van der Waals surface area contributed by atoms with Gasteiger partial charge in [-0.2, -0.15) is 0 Å². The number of aliphatic hydroxyl groups is 2. The van der Waals surface area contributed by atoms with Crippen LogP contribution in [0.25, 0.3) is 0 Å². The molecule has 0 spiro atoms. The highest BCUT2D eigenvalue weighted by atomic mass is 16.5. The Morgan fingerprint density at radius 1 is 1.12 bits per heavy atom. The van der Waals surface area contributed by atoms with E-state index in [0.717, 1.165) is 5.56 Å². The minimum atomic E-state index is -0.679. The first-order valence-electron chi connectivity index (χ1n) is 8.93. The van der Waals surface area contributed by atoms with Crippen LogP contribution >= 0.6 is 0 Å². The average Bonchev–Trinajstić information content (AvgIpc) is 2.67. The Morgan fingerprint density at radius 3 is 2.42 bits per heavy atom. The number of hydrogen-bond donors (Lipinski definition) is 2. The van der Waals surface area contributed by atoms with Crippen molar-refractivity contribution >= 4 is 5.78 Å². The van der Waals surface area contributed by atoms with Crippen molar-refractivity contribution in [3.8, 4) is 5.75 Å². The number of nitrogens with zero attached hydrogens (tertiary/aromatic N) is 1. The highest BCUT2D eigenvalue weighted by Crippen LogP contribution is 2.14. The molecule has 0 radical (unpaired) electrons. The van der Waals surface area contributed by atoms with Gasteiger partial charge in [0.25, 0.3) is 0 Å².